The van der Waals surface area contributed by atoms with Crippen LogP contribution in [0.1, 0.15) is 28.7 Å². The zero-order valence-electron chi connectivity index (χ0n) is 19.2. The largest absolute Gasteiger partial charge is 0.497 e. The average Bonchev–Trinajstić information content (AvgIpc) is 3.24. The van der Waals surface area contributed by atoms with Crippen molar-refractivity contribution < 1.29 is 14.3 Å². The Labute approximate surface area is 198 Å². The van der Waals surface area contributed by atoms with Crippen LogP contribution in [0.25, 0.3) is 11.0 Å². The maximum absolute atomic E-state index is 13.8. The maximum atomic E-state index is 13.8. The quantitative estimate of drug-likeness (QED) is 0.481. The molecule has 1 aromatic heterocycles. The predicted octanol–water partition coefficient (Wildman–Crippen LogP) is 3.78. The summed E-state index contributed by atoms with van der Waals surface area (Å²) in [7, 11) is 1.61. The summed E-state index contributed by atoms with van der Waals surface area (Å²) in [6.07, 6.45) is 0. The summed E-state index contributed by atoms with van der Waals surface area (Å²) >= 11 is 0. The fraction of sp³-hybridized carbons (Fsp3) is 0.222. The van der Waals surface area contributed by atoms with E-state index in [1.165, 1.54) is 0 Å². The van der Waals surface area contributed by atoms with E-state index in [0.29, 0.717) is 24.7 Å². The number of nitrogens with one attached hydrogen (secondary N) is 1. The van der Waals surface area contributed by atoms with Crippen LogP contribution in [0, 0.1) is 0 Å². The molecule has 1 unspecified atom stereocenters. The number of para-hydroxylation sites is 2. The van der Waals surface area contributed by atoms with E-state index in [4.69, 9.17) is 4.74 Å². The first-order valence-corrected chi connectivity index (χ1v) is 11.2. The number of aromatic nitrogens is 2. The Morgan fingerprint density at radius 3 is 2.56 bits per heavy atom. The lowest BCUT2D eigenvalue weighted by Crippen LogP contribution is -2.63. The highest BCUT2D eigenvalue weighted by Crippen LogP contribution is 2.32. The highest BCUT2D eigenvalue weighted by molar-refractivity contribution is 6.01. The Bertz CT molecular complexity index is 1360. The normalized spacial score (nSPS) is 17.5. The summed E-state index contributed by atoms with van der Waals surface area (Å²) in [5.74, 6) is 0.556. The lowest BCUT2D eigenvalue weighted by Gasteiger charge is -2.43. The molecule has 5 rings (SSSR count). The minimum absolute atomic E-state index is 0.212. The molecule has 0 bridgehead atoms. The molecule has 0 aliphatic carbocycles. The van der Waals surface area contributed by atoms with Gasteiger partial charge in [-0.25, -0.2) is 4.98 Å². The van der Waals surface area contributed by atoms with Crippen LogP contribution in [-0.4, -0.2) is 38.9 Å². The number of carbonyl (C=O) groups excluding carboxylic acids is 2. The van der Waals surface area contributed by atoms with Crippen molar-refractivity contribution in [1.29, 1.82) is 0 Å². The molecule has 1 aliphatic rings. The van der Waals surface area contributed by atoms with Gasteiger partial charge in [0.2, 0.25) is 5.91 Å². The van der Waals surface area contributed by atoms with Crippen molar-refractivity contribution in [3.8, 4) is 5.75 Å². The summed E-state index contributed by atoms with van der Waals surface area (Å²) in [5.41, 5.74) is 2.33. The number of hydrogen-bond acceptors (Lipinski definition) is 4. The second kappa shape index (κ2) is 8.67. The van der Waals surface area contributed by atoms with Gasteiger partial charge < -0.3 is 19.5 Å². The van der Waals surface area contributed by atoms with Gasteiger partial charge in [0, 0.05) is 13.1 Å². The molecule has 7 nitrogen and oxygen atoms in total. The Kier molecular flexibility index (Phi) is 5.53. The van der Waals surface area contributed by atoms with Gasteiger partial charge in [0.25, 0.3) is 5.91 Å². The fourth-order valence-electron chi connectivity index (χ4n) is 4.50. The van der Waals surface area contributed by atoms with Crippen LogP contribution >= 0.6 is 0 Å². The molecule has 34 heavy (non-hydrogen) atoms. The van der Waals surface area contributed by atoms with E-state index in [1.807, 2.05) is 90.4 Å². The third kappa shape index (κ3) is 3.79. The highest BCUT2D eigenvalue weighted by Gasteiger charge is 2.48. The topological polar surface area (TPSA) is 76.5 Å². The lowest BCUT2D eigenvalue weighted by molar-refractivity contribution is -0.133. The van der Waals surface area contributed by atoms with Crippen molar-refractivity contribution in [2.24, 2.45) is 0 Å². The van der Waals surface area contributed by atoms with Crippen LogP contribution in [0.3, 0.4) is 0 Å². The smallest absolute Gasteiger partial charge is 0.291 e. The zero-order valence-corrected chi connectivity index (χ0v) is 19.2. The number of imidazole rings is 1. The van der Waals surface area contributed by atoms with E-state index in [-0.39, 0.29) is 18.4 Å². The second-order valence-corrected chi connectivity index (χ2v) is 8.70. The van der Waals surface area contributed by atoms with E-state index in [9.17, 15) is 9.59 Å². The van der Waals surface area contributed by atoms with Gasteiger partial charge in [0.15, 0.2) is 5.82 Å². The SMILES string of the molecule is COc1cccc(CN2C(=O)c3nc4ccccc4n3CC2(C)C(=O)NCc2ccccc2)c1. The molecule has 0 spiro atoms. The molecule has 4 aromatic rings. The number of carbonyl (C=O) groups is 2. The van der Waals surface area contributed by atoms with E-state index in [2.05, 4.69) is 10.3 Å². The molecule has 1 aliphatic heterocycles. The number of benzene rings is 3. The summed E-state index contributed by atoms with van der Waals surface area (Å²) in [6.45, 7) is 2.77. The summed E-state index contributed by atoms with van der Waals surface area (Å²) in [5, 5.41) is 3.05. The fourth-order valence-corrected chi connectivity index (χ4v) is 4.50. The van der Waals surface area contributed by atoms with Crippen LogP contribution in [0.15, 0.2) is 78.9 Å². The van der Waals surface area contributed by atoms with Gasteiger partial charge >= 0.3 is 0 Å². The molecular weight excluding hydrogens is 428 g/mol. The second-order valence-electron chi connectivity index (χ2n) is 8.70. The first-order chi connectivity index (χ1) is 16.5. The van der Waals surface area contributed by atoms with Crippen molar-refractivity contribution in [2.75, 3.05) is 7.11 Å². The maximum Gasteiger partial charge on any atom is 0.291 e. The average molecular weight is 455 g/mol. The Hall–Kier alpha value is -4.13. The number of methoxy groups -OCH3 is 1. The number of ether oxygens (including phenoxy) is 1. The molecule has 0 saturated carbocycles. The number of nitrogens with zero attached hydrogens (tertiary/aromatic N) is 3. The monoisotopic (exact) mass is 454 g/mol. The van der Waals surface area contributed by atoms with Crippen molar-refractivity contribution in [2.45, 2.75) is 32.1 Å². The number of hydrogen-bond donors (Lipinski definition) is 1. The van der Waals surface area contributed by atoms with Gasteiger partial charge in [0.05, 0.1) is 24.7 Å². The number of fused-ring (bicyclic) bond motifs is 3. The molecular formula is C27H26N4O3. The first-order valence-electron chi connectivity index (χ1n) is 11.2. The molecule has 3 aromatic carbocycles. The van der Waals surface area contributed by atoms with Crippen molar-refractivity contribution in [3.63, 3.8) is 0 Å². The first kappa shape index (κ1) is 21.7. The Morgan fingerprint density at radius 2 is 1.76 bits per heavy atom. The van der Waals surface area contributed by atoms with Crippen LogP contribution in [0.4, 0.5) is 0 Å². The molecule has 1 atom stereocenters. The van der Waals surface area contributed by atoms with E-state index in [1.54, 1.807) is 12.0 Å². The summed E-state index contributed by atoms with van der Waals surface area (Å²) in [6, 6.07) is 24.9. The van der Waals surface area contributed by atoms with Crippen LogP contribution in [0.5, 0.6) is 5.75 Å². The standard InChI is InChI=1S/C27H26N4O3/c1-27(26(33)28-16-19-9-4-3-5-10-19)18-30-23-14-7-6-13-22(23)29-24(30)25(32)31(27)17-20-11-8-12-21(15-20)34-2/h3-15H,16-18H2,1-2H3,(H,28,33). The Morgan fingerprint density at radius 1 is 1.03 bits per heavy atom. The summed E-state index contributed by atoms with van der Waals surface area (Å²) in [4.78, 5) is 33.7. The van der Waals surface area contributed by atoms with E-state index < -0.39 is 5.54 Å². The molecule has 0 fully saturated rings. The van der Waals surface area contributed by atoms with Gasteiger partial charge in [-0.1, -0.05) is 54.6 Å². The number of amides is 2. The molecule has 1 N–H and O–H groups in total. The van der Waals surface area contributed by atoms with Gasteiger partial charge in [-0.2, -0.15) is 0 Å². The highest BCUT2D eigenvalue weighted by atomic mass is 16.5. The van der Waals surface area contributed by atoms with E-state index >= 15 is 0 Å². The van der Waals surface area contributed by atoms with Gasteiger partial charge in [-0.15, -0.1) is 0 Å². The van der Waals surface area contributed by atoms with Crippen LogP contribution in [-0.2, 0) is 24.4 Å². The molecule has 172 valence electrons. The molecule has 2 heterocycles. The Balaban J connectivity index is 1.53. The van der Waals surface area contributed by atoms with Crippen LogP contribution in [0.2, 0.25) is 0 Å². The van der Waals surface area contributed by atoms with Crippen molar-refractivity contribution in [3.05, 3.63) is 95.8 Å². The molecule has 0 saturated heterocycles. The third-order valence-corrected chi connectivity index (χ3v) is 6.41. The molecule has 7 heteroatoms. The lowest BCUT2D eigenvalue weighted by atomic mass is 9.94. The van der Waals surface area contributed by atoms with Crippen LogP contribution < -0.4 is 10.1 Å². The molecule has 0 radical (unpaired) electrons. The van der Waals surface area contributed by atoms with Gasteiger partial charge in [-0.3, -0.25) is 9.59 Å². The number of rotatable bonds is 6. The van der Waals surface area contributed by atoms with Gasteiger partial charge in [-0.05, 0) is 42.3 Å². The minimum Gasteiger partial charge on any atom is -0.497 e. The van der Waals surface area contributed by atoms with Gasteiger partial charge in [0.1, 0.15) is 11.3 Å². The predicted molar refractivity (Wildman–Crippen MR) is 129 cm³/mol. The minimum atomic E-state index is -1.12. The molecule has 2 amide bonds. The van der Waals surface area contributed by atoms with E-state index in [0.717, 1.165) is 22.2 Å². The van der Waals surface area contributed by atoms with Crippen molar-refractivity contribution in [1.82, 2.24) is 19.8 Å². The summed E-state index contributed by atoms with van der Waals surface area (Å²) < 4.78 is 7.22. The van der Waals surface area contributed by atoms with Crippen molar-refractivity contribution >= 4 is 22.8 Å². The zero-order chi connectivity index (χ0) is 23.7. The third-order valence-electron chi connectivity index (χ3n) is 6.41.